The summed E-state index contributed by atoms with van der Waals surface area (Å²) in [6.07, 6.45) is 6.81. The molecule has 1 aliphatic carbocycles. The van der Waals surface area contributed by atoms with Crippen LogP contribution in [0.15, 0.2) is 29.2 Å². The third-order valence-corrected chi connectivity index (χ3v) is 5.30. The van der Waals surface area contributed by atoms with Gasteiger partial charge in [0, 0.05) is 10.1 Å². The zero-order valence-electron chi connectivity index (χ0n) is 11.5. The Labute approximate surface area is 119 Å². The summed E-state index contributed by atoms with van der Waals surface area (Å²) in [6.45, 7) is 2.29. The molecule has 0 spiro atoms. The maximum Gasteiger partial charge on any atom is 0.307 e. The standard InChI is InChI=1S/C16H22O2S/c1-2-12-3-7-14(8-4-12)19-15-9-5-13(6-10-15)11-16(17)18/h5-6,9-10,12,14H,2-4,7-8,11H2,1H3,(H,17,18). The van der Waals surface area contributed by atoms with Crippen LogP contribution in [0.3, 0.4) is 0 Å². The molecule has 0 unspecified atom stereocenters. The van der Waals surface area contributed by atoms with Crippen LogP contribution in [-0.2, 0) is 11.2 Å². The van der Waals surface area contributed by atoms with Crippen molar-refractivity contribution in [1.82, 2.24) is 0 Å². The van der Waals surface area contributed by atoms with Crippen molar-refractivity contribution in [2.24, 2.45) is 5.92 Å². The molecule has 1 aromatic carbocycles. The summed E-state index contributed by atoms with van der Waals surface area (Å²) in [5, 5.41) is 9.48. The van der Waals surface area contributed by atoms with E-state index in [2.05, 4.69) is 19.1 Å². The molecule has 104 valence electrons. The van der Waals surface area contributed by atoms with E-state index >= 15 is 0 Å². The topological polar surface area (TPSA) is 37.3 Å². The van der Waals surface area contributed by atoms with Crippen LogP contribution in [0.25, 0.3) is 0 Å². The van der Waals surface area contributed by atoms with Crippen molar-refractivity contribution in [1.29, 1.82) is 0 Å². The second-order valence-electron chi connectivity index (χ2n) is 5.38. The Morgan fingerprint density at radius 1 is 1.21 bits per heavy atom. The summed E-state index contributed by atoms with van der Waals surface area (Å²) < 4.78 is 0. The molecule has 1 N–H and O–H groups in total. The molecule has 0 radical (unpaired) electrons. The molecular weight excluding hydrogens is 256 g/mol. The van der Waals surface area contributed by atoms with Crippen LogP contribution in [0, 0.1) is 5.92 Å². The normalized spacial score (nSPS) is 23.2. The summed E-state index contributed by atoms with van der Waals surface area (Å²) >= 11 is 1.96. The lowest BCUT2D eigenvalue weighted by atomic mass is 9.87. The molecule has 1 aliphatic rings. The van der Waals surface area contributed by atoms with Gasteiger partial charge in [-0.25, -0.2) is 0 Å². The van der Waals surface area contributed by atoms with E-state index in [1.54, 1.807) is 0 Å². The van der Waals surface area contributed by atoms with Gasteiger partial charge in [0.2, 0.25) is 0 Å². The van der Waals surface area contributed by atoms with Crippen LogP contribution in [-0.4, -0.2) is 16.3 Å². The molecule has 1 fully saturated rings. The van der Waals surface area contributed by atoms with Crippen LogP contribution < -0.4 is 0 Å². The molecule has 19 heavy (non-hydrogen) atoms. The van der Waals surface area contributed by atoms with E-state index in [0.29, 0.717) is 0 Å². The van der Waals surface area contributed by atoms with Crippen LogP contribution in [0.2, 0.25) is 0 Å². The van der Waals surface area contributed by atoms with E-state index < -0.39 is 5.97 Å². The quantitative estimate of drug-likeness (QED) is 0.868. The maximum absolute atomic E-state index is 10.6. The van der Waals surface area contributed by atoms with Gasteiger partial charge in [0.05, 0.1) is 6.42 Å². The van der Waals surface area contributed by atoms with Crippen molar-refractivity contribution in [3.8, 4) is 0 Å². The van der Waals surface area contributed by atoms with Crippen molar-refractivity contribution in [2.75, 3.05) is 0 Å². The molecule has 2 nitrogen and oxygen atoms in total. The minimum absolute atomic E-state index is 0.118. The van der Waals surface area contributed by atoms with Crippen molar-refractivity contribution in [3.63, 3.8) is 0 Å². The van der Waals surface area contributed by atoms with Crippen LogP contribution in [0.4, 0.5) is 0 Å². The molecule has 3 heteroatoms. The van der Waals surface area contributed by atoms with Crippen molar-refractivity contribution < 1.29 is 9.90 Å². The van der Waals surface area contributed by atoms with Gasteiger partial charge in [-0.2, -0.15) is 0 Å². The van der Waals surface area contributed by atoms with Crippen LogP contribution in [0.1, 0.15) is 44.6 Å². The molecule has 0 aliphatic heterocycles. The van der Waals surface area contributed by atoms with Crippen molar-refractivity contribution in [3.05, 3.63) is 29.8 Å². The van der Waals surface area contributed by atoms with Crippen molar-refractivity contribution in [2.45, 2.75) is 55.6 Å². The van der Waals surface area contributed by atoms with E-state index in [4.69, 9.17) is 5.11 Å². The molecule has 0 aromatic heterocycles. The van der Waals surface area contributed by atoms with Crippen LogP contribution >= 0.6 is 11.8 Å². The molecule has 1 aromatic rings. The largest absolute Gasteiger partial charge is 0.481 e. The minimum Gasteiger partial charge on any atom is -0.481 e. The number of thioether (sulfide) groups is 1. The van der Waals surface area contributed by atoms with E-state index in [9.17, 15) is 4.79 Å². The van der Waals surface area contributed by atoms with Gasteiger partial charge >= 0.3 is 5.97 Å². The Morgan fingerprint density at radius 3 is 2.37 bits per heavy atom. The predicted octanol–water partition coefficient (Wildman–Crippen LogP) is 4.37. The minimum atomic E-state index is -0.765. The molecule has 0 amide bonds. The van der Waals surface area contributed by atoms with Gasteiger partial charge in [-0.05, 0) is 49.3 Å². The predicted molar refractivity (Wildman–Crippen MR) is 79.7 cm³/mol. The molecule has 0 saturated heterocycles. The Bertz CT molecular complexity index is 405. The first kappa shape index (κ1) is 14.4. The molecule has 1 saturated carbocycles. The van der Waals surface area contributed by atoms with E-state index in [-0.39, 0.29) is 6.42 Å². The van der Waals surface area contributed by atoms with Gasteiger partial charge in [0.15, 0.2) is 0 Å². The monoisotopic (exact) mass is 278 g/mol. The number of hydrogen-bond acceptors (Lipinski definition) is 2. The number of carbonyl (C=O) groups is 1. The Balaban J connectivity index is 1.84. The highest BCUT2D eigenvalue weighted by Crippen LogP contribution is 2.36. The summed E-state index contributed by atoms with van der Waals surface area (Å²) in [4.78, 5) is 11.9. The van der Waals surface area contributed by atoms with Crippen molar-refractivity contribution >= 4 is 17.7 Å². The van der Waals surface area contributed by atoms with Crippen LogP contribution in [0.5, 0.6) is 0 Å². The summed E-state index contributed by atoms with van der Waals surface area (Å²) in [6, 6.07) is 8.01. The number of benzene rings is 1. The average molecular weight is 278 g/mol. The fraction of sp³-hybridized carbons (Fsp3) is 0.562. The smallest absolute Gasteiger partial charge is 0.307 e. The number of rotatable bonds is 5. The molecule has 0 heterocycles. The third kappa shape index (κ3) is 4.57. The second kappa shape index (κ2) is 6.99. The number of carboxylic acid groups (broad SMARTS) is 1. The first-order valence-corrected chi connectivity index (χ1v) is 8.02. The first-order chi connectivity index (χ1) is 9.17. The third-order valence-electron chi connectivity index (χ3n) is 3.95. The lowest BCUT2D eigenvalue weighted by Gasteiger charge is -2.27. The molecule has 0 bridgehead atoms. The molecule has 2 rings (SSSR count). The van der Waals surface area contributed by atoms with Gasteiger partial charge < -0.3 is 5.11 Å². The number of aliphatic carboxylic acids is 1. The summed E-state index contributed by atoms with van der Waals surface area (Å²) in [7, 11) is 0. The van der Waals surface area contributed by atoms with Gasteiger partial charge in [-0.3, -0.25) is 4.79 Å². The SMILES string of the molecule is CCC1CCC(Sc2ccc(CC(=O)O)cc2)CC1. The number of carboxylic acids is 1. The summed E-state index contributed by atoms with van der Waals surface area (Å²) in [5.74, 6) is 0.174. The zero-order chi connectivity index (χ0) is 13.7. The Kier molecular flexibility index (Phi) is 5.32. The fourth-order valence-corrected chi connectivity index (χ4v) is 3.90. The first-order valence-electron chi connectivity index (χ1n) is 7.14. The fourth-order valence-electron chi connectivity index (χ4n) is 2.71. The van der Waals surface area contributed by atoms with Gasteiger partial charge in [-0.1, -0.05) is 25.5 Å². The molecular formula is C16H22O2S. The lowest BCUT2D eigenvalue weighted by Crippen LogP contribution is -2.15. The molecule has 0 atom stereocenters. The Hall–Kier alpha value is -0.960. The number of hydrogen-bond donors (Lipinski definition) is 1. The van der Waals surface area contributed by atoms with E-state index in [1.807, 2.05) is 23.9 Å². The average Bonchev–Trinajstić information content (AvgIpc) is 2.41. The van der Waals surface area contributed by atoms with Gasteiger partial charge in [-0.15, -0.1) is 11.8 Å². The zero-order valence-corrected chi connectivity index (χ0v) is 12.3. The maximum atomic E-state index is 10.6. The highest BCUT2D eigenvalue weighted by Gasteiger charge is 2.20. The van der Waals surface area contributed by atoms with Gasteiger partial charge in [0.25, 0.3) is 0 Å². The van der Waals surface area contributed by atoms with E-state index in [0.717, 1.165) is 16.7 Å². The van der Waals surface area contributed by atoms with E-state index in [1.165, 1.54) is 37.0 Å². The second-order valence-corrected chi connectivity index (χ2v) is 6.76. The highest BCUT2D eigenvalue weighted by molar-refractivity contribution is 8.00. The van der Waals surface area contributed by atoms with Gasteiger partial charge in [0.1, 0.15) is 0 Å². The lowest BCUT2D eigenvalue weighted by molar-refractivity contribution is -0.136. The summed E-state index contributed by atoms with van der Waals surface area (Å²) in [5.41, 5.74) is 0.881. The Morgan fingerprint density at radius 2 is 1.84 bits per heavy atom. The highest BCUT2D eigenvalue weighted by atomic mass is 32.2.